The summed E-state index contributed by atoms with van der Waals surface area (Å²) in [5.41, 5.74) is -1.13. The van der Waals surface area contributed by atoms with Crippen LogP contribution in [-0.4, -0.2) is 57.4 Å². The van der Waals surface area contributed by atoms with Gasteiger partial charge in [0.2, 0.25) is 0 Å². The molecule has 1 aromatic carbocycles. The summed E-state index contributed by atoms with van der Waals surface area (Å²) in [6.07, 6.45) is -6.42. The number of alkyl halides is 3. The Kier molecular flexibility index (Phi) is 8.63. The van der Waals surface area contributed by atoms with Crippen LogP contribution in [0.25, 0.3) is 0 Å². The smallest absolute Gasteiger partial charge is 0.417 e. The lowest BCUT2D eigenvalue weighted by Crippen LogP contribution is -2.43. The van der Waals surface area contributed by atoms with E-state index < -0.39 is 52.6 Å². The molecule has 2 heterocycles. The predicted molar refractivity (Wildman–Crippen MR) is 126 cm³/mol. The number of hydrogen-bond donors (Lipinski definition) is 1. The summed E-state index contributed by atoms with van der Waals surface area (Å²) in [5.74, 6) is -4.05. The average Bonchev–Trinajstić information content (AvgIpc) is 3.17. The Morgan fingerprint density at radius 2 is 1.89 bits per heavy atom. The van der Waals surface area contributed by atoms with Crippen molar-refractivity contribution in [2.75, 3.05) is 27.4 Å². The van der Waals surface area contributed by atoms with E-state index in [0.29, 0.717) is 0 Å². The van der Waals surface area contributed by atoms with Gasteiger partial charge in [-0.15, -0.1) is 0 Å². The van der Waals surface area contributed by atoms with Crippen molar-refractivity contribution < 1.29 is 46.4 Å². The quantitative estimate of drug-likeness (QED) is 0.500. The molecule has 204 valence electrons. The second-order valence-electron chi connectivity index (χ2n) is 8.87. The normalized spacial score (nSPS) is 22.5. The zero-order valence-corrected chi connectivity index (χ0v) is 22.0. The zero-order chi connectivity index (χ0) is 27.7. The Hall–Kier alpha value is -2.60. The lowest BCUT2D eigenvalue weighted by molar-refractivity contribution is -0.150. The highest BCUT2D eigenvalue weighted by Gasteiger charge is 2.47. The van der Waals surface area contributed by atoms with Crippen LogP contribution in [0.1, 0.15) is 44.7 Å². The van der Waals surface area contributed by atoms with Crippen molar-refractivity contribution in [3.8, 4) is 0 Å². The minimum absolute atomic E-state index is 0.0391. The first-order chi connectivity index (χ1) is 17.3. The molecule has 3 unspecified atom stereocenters. The molecule has 1 N–H and O–H groups in total. The number of nitrogens with one attached hydrogen (secondary N) is 1. The summed E-state index contributed by atoms with van der Waals surface area (Å²) in [7, 11) is 2.51. The standard InChI is InChI=1S/C25H29ClF3NO7/c1-7-35-23(32)18-17(13-9-8-10-14(19(13)26)25(27,28)29)16(22(31)34-6)12(2)30-20(18)21(33-5)15-11-36-24(3,4)37-15/h8-10,15,17,21,30H,7,11H2,1-6H3. The van der Waals surface area contributed by atoms with Crippen LogP contribution < -0.4 is 5.32 Å². The number of rotatable bonds is 7. The second-order valence-corrected chi connectivity index (χ2v) is 9.24. The molecule has 12 heteroatoms. The molecule has 2 aliphatic heterocycles. The van der Waals surface area contributed by atoms with Gasteiger partial charge in [0.25, 0.3) is 0 Å². The van der Waals surface area contributed by atoms with E-state index in [4.69, 9.17) is 35.3 Å². The third-order valence-corrected chi connectivity index (χ3v) is 6.47. The van der Waals surface area contributed by atoms with Crippen LogP contribution in [0.4, 0.5) is 13.2 Å². The average molecular weight is 548 g/mol. The first-order valence-corrected chi connectivity index (χ1v) is 11.8. The SMILES string of the molecule is CCOC(=O)C1=C(C(OC)C2COC(C)(C)O2)NC(C)=C(C(=O)OC)C1c1cccc(C(F)(F)F)c1Cl. The highest BCUT2D eigenvalue weighted by molar-refractivity contribution is 6.32. The Morgan fingerprint density at radius 3 is 2.41 bits per heavy atom. The fourth-order valence-electron chi connectivity index (χ4n) is 4.52. The number of allylic oxidation sites excluding steroid dienone is 1. The van der Waals surface area contributed by atoms with Crippen molar-refractivity contribution in [2.24, 2.45) is 0 Å². The van der Waals surface area contributed by atoms with Crippen molar-refractivity contribution in [1.29, 1.82) is 0 Å². The van der Waals surface area contributed by atoms with Gasteiger partial charge in [0, 0.05) is 12.8 Å². The van der Waals surface area contributed by atoms with Gasteiger partial charge in [0.15, 0.2) is 5.79 Å². The summed E-state index contributed by atoms with van der Waals surface area (Å²) in [6, 6.07) is 3.30. The molecule has 1 saturated heterocycles. The van der Waals surface area contributed by atoms with Crippen LogP contribution in [-0.2, 0) is 39.4 Å². The molecule has 0 saturated carbocycles. The molecular weight excluding hydrogens is 519 g/mol. The number of ether oxygens (including phenoxy) is 5. The number of halogens is 4. The van der Waals surface area contributed by atoms with Crippen molar-refractivity contribution in [3.63, 3.8) is 0 Å². The van der Waals surface area contributed by atoms with E-state index in [9.17, 15) is 22.8 Å². The van der Waals surface area contributed by atoms with Crippen LogP contribution in [0.15, 0.2) is 40.7 Å². The fraction of sp³-hybridized carbons (Fsp3) is 0.520. The number of benzene rings is 1. The number of methoxy groups -OCH3 is 2. The molecule has 3 atom stereocenters. The minimum atomic E-state index is -4.78. The molecule has 0 radical (unpaired) electrons. The van der Waals surface area contributed by atoms with Crippen LogP contribution in [0.5, 0.6) is 0 Å². The van der Waals surface area contributed by atoms with E-state index in [-0.39, 0.29) is 41.3 Å². The summed E-state index contributed by atoms with van der Waals surface area (Å²) in [4.78, 5) is 26.4. The predicted octanol–water partition coefficient (Wildman–Crippen LogP) is 4.48. The topological polar surface area (TPSA) is 92.3 Å². The van der Waals surface area contributed by atoms with E-state index in [1.165, 1.54) is 20.1 Å². The van der Waals surface area contributed by atoms with Crippen molar-refractivity contribution in [3.05, 3.63) is 56.9 Å². The van der Waals surface area contributed by atoms with Crippen LogP contribution in [0, 0.1) is 0 Å². The molecule has 37 heavy (non-hydrogen) atoms. The number of dihydropyridines is 1. The summed E-state index contributed by atoms with van der Waals surface area (Å²) >= 11 is 6.29. The van der Waals surface area contributed by atoms with Gasteiger partial charge < -0.3 is 29.0 Å². The van der Waals surface area contributed by atoms with Gasteiger partial charge in [-0.1, -0.05) is 23.7 Å². The maximum atomic E-state index is 13.8. The molecule has 1 aromatic rings. The number of hydrogen-bond acceptors (Lipinski definition) is 8. The summed E-state index contributed by atoms with van der Waals surface area (Å²) < 4.78 is 68.8. The molecule has 3 rings (SSSR count). The van der Waals surface area contributed by atoms with E-state index in [1.807, 2.05) is 0 Å². The molecule has 0 aromatic heterocycles. The molecule has 0 aliphatic carbocycles. The number of carbonyl (C=O) groups is 2. The van der Waals surface area contributed by atoms with Crippen LogP contribution >= 0.6 is 11.6 Å². The van der Waals surface area contributed by atoms with Gasteiger partial charge in [-0.25, -0.2) is 9.59 Å². The summed E-state index contributed by atoms with van der Waals surface area (Å²) in [5, 5.41) is 2.36. The highest BCUT2D eigenvalue weighted by atomic mass is 35.5. The second kappa shape index (κ2) is 11.0. The Bertz CT molecular complexity index is 1130. The largest absolute Gasteiger partial charge is 0.466 e. The number of carbonyl (C=O) groups excluding carboxylic acids is 2. The minimum Gasteiger partial charge on any atom is -0.466 e. The van der Waals surface area contributed by atoms with E-state index >= 15 is 0 Å². The van der Waals surface area contributed by atoms with Crippen molar-refractivity contribution in [1.82, 2.24) is 5.32 Å². The van der Waals surface area contributed by atoms with E-state index in [2.05, 4.69) is 5.32 Å². The third-order valence-electron chi connectivity index (χ3n) is 6.05. The van der Waals surface area contributed by atoms with E-state index in [0.717, 1.165) is 19.2 Å². The molecule has 1 fully saturated rings. The highest BCUT2D eigenvalue weighted by Crippen LogP contribution is 2.46. The third kappa shape index (κ3) is 5.79. The van der Waals surface area contributed by atoms with Gasteiger partial charge >= 0.3 is 18.1 Å². The van der Waals surface area contributed by atoms with E-state index in [1.54, 1.807) is 20.8 Å². The van der Waals surface area contributed by atoms with Gasteiger partial charge in [0.05, 0.1) is 53.7 Å². The summed E-state index contributed by atoms with van der Waals surface area (Å²) in [6.45, 7) is 6.59. The Morgan fingerprint density at radius 1 is 1.22 bits per heavy atom. The molecule has 0 bridgehead atoms. The van der Waals surface area contributed by atoms with Crippen molar-refractivity contribution >= 4 is 23.5 Å². The van der Waals surface area contributed by atoms with Crippen molar-refractivity contribution in [2.45, 2.75) is 57.8 Å². The Labute approximate surface area is 217 Å². The molecule has 0 amide bonds. The van der Waals surface area contributed by atoms with Crippen LogP contribution in [0.3, 0.4) is 0 Å². The molecule has 8 nitrogen and oxygen atoms in total. The lowest BCUT2D eigenvalue weighted by Gasteiger charge is -2.36. The van der Waals surface area contributed by atoms with Crippen LogP contribution in [0.2, 0.25) is 5.02 Å². The van der Waals surface area contributed by atoms with Gasteiger partial charge in [-0.3, -0.25) is 0 Å². The molecule has 0 spiro atoms. The molecular formula is C25H29ClF3NO7. The lowest BCUT2D eigenvalue weighted by atomic mass is 9.78. The van der Waals surface area contributed by atoms with Gasteiger partial charge in [0.1, 0.15) is 12.2 Å². The zero-order valence-electron chi connectivity index (χ0n) is 21.2. The Balaban J connectivity index is 2.34. The fourth-order valence-corrected chi connectivity index (χ4v) is 4.86. The van der Waals surface area contributed by atoms with Gasteiger partial charge in [-0.2, -0.15) is 13.2 Å². The maximum Gasteiger partial charge on any atom is 0.417 e. The maximum absolute atomic E-state index is 13.8. The monoisotopic (exact) mass is 547 g/mol. The first-order valence-electron chi connectivity index (χ1n) is 11.4. The van der Waals surface area contributed by atoms with Gasteiger partial charge in [-0.05, 0) is 39.3 Å². The molecule has 2 aliphatic rings. The first kappa shape index (κ1) is 29.0. The number of esters is 2.